The van der Waals surface area contributed by atoms with Gasteiger partial charge in [-0.2, -0.15) is 0 Å². The number of unbranched alkanes of at least 4 members (excludes halogenated alkanes) is 15. The van der Waals surface area contributed by atoms with E-state index in [1.54, 1.807) is 0 Å². The van der Waals surface area contributed by atoms with Crippen LogP contribution in [0.4, 0.5) is 4.79 Å². The Hall–Kier alpha value is -1.31. The van der Waals surface area contributed by atoms with Gasteiger partial charge in [-0.15, -0.1) is 12.4 Å². The van der Waals surface area contributed by atoms with E-state index in [9.17, 15) is 9.59 Å². The van der Waals surface area contributed by atoms with Gasteiger partial charge < -0.3 is 20.1 Å². The number of carbonyl (C=O) groups excluding carboxylic acids is 2. The first-order valence-corrected chi connectivity index (χ1v) is 17.3. The molecular formula is C34H64ClN3O4. The van der Waals surface area contributed by atoms with Gasteiger partial charge in [0.25, 0.3) is 0 Å². The van der Waals surface area contributed by atoms with Crippen LogP contribution in [-0.2, 0) is 14.3 Å². The summed E-state index contributed by atoms with van der Waals surface area (Å²) in [4.78, 5) is 27.4. The number of ether oxygens (including phenoxy) is 2. The van der Waals surface area contributed by atoms with Crippen molar-refractivity contribution in [1.29, 1.82) is 0 Å². The Bertz CT molecular complexity index is 688. The lowest BCUT2D eigenvalue weighted by Gasteiger charge is -2.27. The largest absolute Gasteiger partial charge is 0.449 e. The maximum atomic E-state index is 12.9. The summed E-state index contributed by atoms with van der Waals surface area (Å²) in [7, 11) is 0. The van der Waals surface area contributed by atoms with Gasteiger partial charge in [0.2, 0.25) is 5.91 Å². The predicted molar refractivity (Wildman–Crippen MR) is 176 cm³/mol. The van der Waals surface area contributed by atoms with E-state index in [1.807, 2.05) is 0 Å². The smallest absolute Gasteiger partial charge is 0.407 e. The van der Waals surface area contributed by atoms with Gasteiger partial charge in [-0.3, -0.25) is 9.69 Å². The fraction of sp³-hybridized carbons (Fsp3) is 0.882. The predicted octanol–water partition coefficient (Wildman–Crippen LogP) is 7.82. The fourth-order valence-corrected chi connectivity index (χ4v) is 5.94. The van der Waals surface area contributed by atoms with Gasteiger partial charge in [-0.25, -0.2) is 4.79 Å². The van der Waals surface area contributed by atoms with E-state index in [1.165, 1.54) is 96.3 Å². The average molecular weight is 614 g/mol. The summed E-state index contributed by atoms with van der Waals surface area (Å²) in [5.41, 5.74) is 0. The molecule has 0 bridgehead atoms. The van der Waals surface area contributed by atoms with Gasteiger partial charge in [0.1, 0.15) is 0 Å². The molecular weight excluding hydrogens is 550 g/mol. The number of hydrogen-bond acceptors (Lipinski definition) is 5. The van der Waals surface area contributed by atoms with Crippen LogP contribution in [0.2, 0.25) is 0 Å². The SMILES string of the molecule is CCCCCCCCCCCCCCCCCCNC(=O)C1CC=CCC1COC(=O)NCCCN1CCOCC1.Cl. The molecule has 2 unspecified atom stereocenters. The number of hydrogen-bond donors (Lipinski definition) is 2. The lowest BCUT2D eigenvalue weighted by molar-refractivity contribution is -0.127. The molecule has 1 aliphatic carbocycles. The third-order valence-electron chi connectivity index (χ3n) is 8.68. The number of nitrogens with one attached hydrogen (secondary N) is 2. The topological polar surface area (TPSA) is 79.9 Å². The fourth-order valence-electron chi connectivity index (χ4n) is 5.94. The van der Waals surface area contributed by atoms with Gasteiger partial charge in [0.05, 0.1) is 19.8 Å². The van der Waals surface area contributed by atoms with Crippen molar-refractivity contribution in [1.82, 2.24) is 15.5 Å². The lowest BCUT2D eigenvalue weighted by Crippen LogP contribution is -2.39. The quantitative estimate of drug-likeness (QED) is 0.0857. The van der Waals surface area contributed by atoms with E-state index in [0.717, 1.165) is 65.1 Å². The first-order chi connectivity index (χ1) is 20.2. The second-order valence-corrected chi connectivity index (χ2v) is 12.2. The van der Waals surface area contributed by atoms with Crippen molar-refractivity contribution < 1.29 is 19.1 Å². The Morgan fingerprint density at radius 3 is 1.86 bits per heavy atom. The molecule has 2 atom stereocenters. The second-order valence-electron chi connectivity index (χ2n) is 12.2. The van der Waals surface area contributed by atoms with Crippen LogP contribution in [0.1, 0.15) is 129 Å². The van der Waals surface area contributed by atoms with Crippen LogP contribution in [0.3, 0.4) is 0 Å². The summed E-state index contributed by atoms with van der Waals surface area (Å²) in [5, 5.41) is 6.01. The molecule has 1 fully saturated rings. The minimum Gasteiger partial charge on any atom is -0.449 e. The molecule has 246 valence electrons. The second kappa shape index (κ2) is 27.3. The minimum absolute atomic E-state index is 0. The maximum absolute atomic E-state index is 12.9. The van der Waals surface area contributed by atoms with E-state index in [0.29, 0.717) is 6.54 Å². The van der Waals surface area contributed by atoms with Crippen molar-refractivity contribution in [2.24, 2.45) is 11.8 Å². The summed E-state index contributed by atoms with van der Waals surface area (Å²) in [5.74, 6) is 0.0369. The molecule has 0 radical (unpaired) electrons. The number of alkyl carbamates (subject to hydrolysis) is 1. The van der Waals surface area contributed by atoms with Crippen LogP contribution >= 0.6 is 12.4 Å². The summed E-state index contributed by atoms with van der Waals surface area (Å²) in [6.07, 6.45) is 27.8. The molecule has 2 rings (SSSR count). The molecule has 2 aliphatic rings. The molecule has 1 aliphatic heterocycles. The standard InChI is InChI=1S/C34H63N3O4.ClH/c1-2-3-4-5-6-7-8-9-10-11-12-13-14-15-16-19-23-35-33(38)32-22-18-17-21-31(32)30-41-34(39)36-24-20-25-37-26-28-40-29-27-37;/h17-18,31-32H,2-16,19-30H2,1H3,(H,35,38)(H,36,39);1H. The Morgan fingerprint density at radius 1 is 0.738 bits per heavy atom. The highest BCUT2D eigenvalue weighted by Gasteiger charge is 2.29. The molecule has 42 heavy (non-hydrogen) atoms. The van der Waals surface area contributed by atoms with E-state index in [2.05, 4.69) is 34.6 Å². The van der Waals surface area contributed by atoms with E-state index in [-0.39, 0.29) is 42.9 Å². The number of allylic oxidation sites excluding steroid dienone is 2. The molecule has 2 amide bonds. The van der Waals surface area contributed by atoms with Crippen LogP contribution in [0.25, 0.3) is 0 Å². The number of carbonyl (C=O) groups is 2. The average Bonchev–Trinajstić information content (AvgIpc) is 3.00. The summed E-state index contributed by atoms with van der Waals surface area (Å²) < 4.78 is 10.9. The Balaban J connectivity index is 0.00000882. The van der Waals surface area contributed by atoms with Crippen LogP contribution in [-0.4, -0.2) is 69.4 Å². The summed E-state index contributed by atoms with van der Waals surface area (Å²) in [6, 6.07) is 0. The van der Waals surface area contributed by atoms with E-state index >= 15 is 0 Å². The molecule has 0 aromatic heterocycles. The molecule has 1 heterocycles. The first kappa shape index (κ1) is 38.7. The molecule has 2 N–H and O–H groups in total. The van der Waals surface area contributed by atoms with Gasteiger partial charge in [0.15, 0.2) is 0 Å². The number of nitrogens with zero attached hydrogens (tertiary/aromatic N) is 1. The number of amides is 2. The van der Waals surface area contributed by atoms with Crippen molar-refractivity contribution in [3.8, 4) is 0 Å². The highest BCUT2D eigenvalue weighted by Crippen LogP contribution is 2.26. The third kappa shape index (κ3) is 19.8. The Morgan fingerprint density at radius 2 is 1.26 bits per heavy atom. The molecule has 1 saturated heterocycles. The highest BCUT2D eigenvalue weighted by molar-refractivity contribution is 5.85. The third-order valence-corrected chi connectivity index (χ3v) is 8.68. The molecule has 0 aromatic rings. The van der Waals surface area contributed by atoms with E-state index < -0.39 is 0 Å². The van der Waals surface area contributed by atoms with Crippen LogP contribution in [0.15, 0.2) is 12.2 Å². The highest BCUT2D eigenvalue weighted by atomic mass is 35.5. The van der Waals surface area contributed by atoms with Crippen molar-refractivity contribution in [2.45, 2.75) is 129 Å². The zero-order chi connectivity index (χ0) is 29.2. The van der Waals surface area contributed by atoms with E-state index in [4.69, 9.17) is 9.47 Å². The monoisotopic (exact) mass is 613 g/mol. The molecule has 0 aromatic carbocycles. The van der Waals surface area contributed by atoms with Crippen molar-refractivity contribution >= 4 is 24.4 Å². The minimum atomic E-state index is -0.381. The van der Waals surface area contributed by atoms with Crippen molar-refractivity contribution in [2.75, 3.05) is 52.5 Å². The number of morpholine rings is 1. The molecule has 8 heteroatoms. The number of rotatable bonds is 24. The molecule has 7 nitrogen and oxygen atoms in total. The summed E-state index contributed by atoms with van der Waals surface area (Å²) in [6.45, 7) is 8.38. The molecule has 0 saturated carbocycles. The normalized spacial score (nSPS) is 18.8. The zero-order valence-electron chi connectivity index (χ0n) is 26.9. The lowest BCUT2D eigenvalue weighted by atomic mass is 9.83. The maximum Gasteiger partial charge on any atom is 0.407 e. The Kier molecular flexibility index (Phi) is 25.1. The van der Waals surface area contributed by atoms with Gasteiger partial charge in [-0.05, 0) is 32.2 Å². The zero-order valence-corrected chi connectivity index (χ0v) is 27.7. The van der Waals surface area contributed by atoms with Crippen LogP contribution in [0.5, 0.6) is 0 Å². The van der Waals surface area contributed by atoms with Gasteiger partial charge >= 0.3 is 6.09 Å². The first-order valence-electron chi connectivity index (χ1n) is 17.3. The van der Waals surface area contributed by atoms with Crippen molar-refractivity contribution in [3.63, 3.8) is 0 Å². The van der Waals surface area contributed by atoms with Crippen molar-refractivity contribution in [3.05, 3.63) is 12.2 Å². The molecule has 0 spiro atoms. The Labute approximate surface area is 264 Å². The number of halogens is 1. The van der Waals surface area contributed by atoms with Crippen LogP contribution < -0.4 is 10.6 Å². The summed E-state index contributed by atoms with van der Waals surface area (Å²) >= 11 is 0. The van der Waals surface area contributed by atoms with Gasteiger partial charge in [0, 0.05) is 38.0 Å². The van der Waals surface area contributed by atoms with Gasteiger partial charge in [-0.1, -0.05) is 115 Å². The van der Waals surface area contributed by atoms with Crippen LogP contribution in [0, 0.1) is 11.8 Å².